The van der Waals surface area contributed by atoms with Gasteiger partial charge in [-0.3, -0.25) is 9.20 Å². The van der Waals surface area contributed by atoms with Gasteiger partial charge >= 0.3 is 6.18 Å². The Hall–Kier alpha value is -3.33. The monoisotopic (exact) mass is 595 g/mol. The van der Waals surface area contributed by atoms with Gasteiger partial charge in [0.2, 0.25) is 20.9 Å². The summed E-state index contributed by atoms with van der Waals surface area (Å²) in [5.41, 5.74) is -0.237. The van der Waals surface area contributed by atoms with Crippen molar-refractivity contribution in [2.24, 2.45) is 0 Å². The largest absolute Gasteiger partial charge is 0.445 e. The molecule has 0 aromatic carbocycles. The molecular formula is C23H24F3N9O3S2. The number of rotatable bonds is 6. The van der Waals surface area contributed by atoms with Crippen molar-refractivity contribution in [2.45, 2.75) is 48.3 Å². The average molecular weight is 596 g/mol. The third-order valence-corrected chi connectivity index (χ3v) is 9.82. The summed E-state index contributed by atoms with van der Waals surface area (Å²) in [7, 11) is -4.18. The maximum absolute atomic E-state index is 13.4. The first-order chi connectivity index (χ1) is 19.0. The van der Waals surface area contributed by atoms with Gasteiger partial charge < -0.3 is 15.1 Å². The molecule has 6 rings (SSSR count). The molecule has 1 amide bonds. The van der Waals surface area contributed by atoms with E-state index in [9.17, 15) is 31.6 Å². The van der Waals surface area contributed by atoms with Crippen LogP contribution in [0.4, 0.5) is 18.9 Å². The third kappa shape index (κ3) is 4.89. The lowest BCUT2D eigenvalue weighted by molar-refractivity contribution is -0.138. The fraction of sp³-hybridized carbons (Fsp3) is 0.522. The van der Waals surface area contributed by atoms with Gasteiger partial charge in [0.25, 0.3) is 0 Å². The number of fused-ring (bicyclic) bond motifs is 1. The van der Waals surface area contributed by atoms with Crippen molar-refractivity contribution < 1.29 is 26.4 Å². The number of halogens is 3. The van der Waals surface area contributed by atoms with Gasteiger partial charge in [0.05, 0.1) is 29.5 Å². The topological polar surface area (TPSA) is 149 Å². The van der Waals surface area contributed by atoms with E-state index < -0.39 is 26.7 Å². The van der Waals surface area contributed by atoms with Gasteiger partial charge in [-0.25, -0.2) is 13.4 Å². The van der Waals surface area contributed by atoms with E-state index in [4.69, 9.17) is 0 Å². The van der Waals surface area contributed by atoms with Gasteiger partial charge in [-0.15, -0.1) is 10.2 Å². The van der Waals surface area contributed by atoms with Crippen molar-refractivity contribution in [3.05, 3.63) is 23.5 Å². The molecule has 2 saturated heterocycles. The molecule has 3 aromatic heterocycles. The fourth-order valence-electron chi connectivity index (χ4n) is 5.00. The molecular weight excluding hydrogens is 571 g/mol. The van der Waals surface area contributed by atoms with Crippen LogP contribution in [0.2, 0.25) is 0 Å². The predicted molar refractivity (Wildman–Crippen MR) is 137 cm³/mol. The lowest BCUT2D eigenvalue weighted by Crippen LogP contribution is -2.53. The molecule has 1 aliphatic carbocycles. The quantitative estimate of drug-likeness (QED) is 0.434. The van der Waals surface area contributed by atoms with Gasteiger partial charge in [0, 0.05) is 32.4 Å². The molecule has 3 fully saturated rings. The van der Waals surface area contributed by atoms with E-state index in [1.807, 2.05) is 11.0 Å². The number of hydrogen-bond acceptors (Lipinski definition) is 10. The number of anilines is 1. The van der Waals surface area contributed by atoms with Crippen LogP contribution < -0.4 is 14.9 Å². The van der Waals surface area contributed by atoms with Gasteiger partial charge in [-0.2, -0.15) is 23.2 Å². The number of aromatic nitrogens is 4. The molecule has 12 nitrogen and oxygen atoms in total. The zero-order valence-corrected chi connectivity index (χ0v) is 22.6. The standard InChI is InChI=1S/C23H24F3N9O3S2/c24-23(25,26)21-31-30-19(39-21)18-29-11-17-16(33-6-8-34(9-7-33)20(36)15-2-1-5-28-15)10-14(12-35(17)18)40(37,38)32-22(13-27)3-4-22/h10-12,15,28,32H,1-9H2/t15-/m1/s1. The highest BCUT2D eigenvalue weighted by atomic mass is 32.2. The predicted octanol–water partition coefficient (Wildman–Crippen LogP) is 1.61. The average Bonchev–Trinajstić information content (AvgIpc) is 3.38. The van der Waals surface area contributed by atoms with Gasteiger partial charge in [-0.1, -0.05) is 11.3 Å². The molecule has 3 aliphatic rings. The van der Waals surface area contributed by atoms with Crippen molar-refractivity contribution >= 4 is 38.5 Å². The number of amides is 1. The van der Waals surface area contributed by atoms with E-state index >= 15 is 0 Å². The Morgan fingerprint density at radius 3 is 2.58 bits per heavy atom. The summed E-state index contributed by atoms with van der Waals surface area (Å²) in [4.78, 5) is 20.7. The molecule has 0 radical (unpaired) electrons. The van der Waals surface area contributed by atoms with Crippen LogP contribution in [0.3, 0.4) is 0 Å². The molecule has 1 saturated carbocycles. The molecule has 212 valence electrons. The summed E-state index contributed by atoms with van der Waals surface area (Å²) < 4.78 is 70.2. The minimum absolute atomic E-state index is 0.00356. The Bertz CT molecular complexity index is 1610. The number of alkyl halides is 3. The normalized spacial score (nSPS) is 21.1. The van der Waals surface area contributed by atoms with E-state index in [0.29, 0.717) is 61.6 Å². The van der Waals surface area contributed by atoms with Crippen LogP contribution >= 0.6 is 11.3 Å². The molecule has 2 N–H and O–H groups in total. The van der Waals surface area contributed by atoms with Crippen LogP contribution in [0, 0.1) is 11.3 Å². The van der Waals surface area contributed by atoms with Crippen LogP contribution in [-0.2, 0) is 21.0 Å². The number of sulfonamides is 1. The Kier molecular flexibility index (Phi) is 6.48. The zero-order chi connectivity index (χ0) is 28.3. The van der Waals surface area contributed by atoms with Crippen molar-refractivity contribution in [1.29, 1.82) is 5.26 Å². The fourth-order valence-corrected chi connectivity index (χ4v) is 7.10. The van der Waals surface area contributed by atoms with E-state index in [-0.39, 0.29) is 27.7 Å². The van der Waals surface area contributed by atoms with Gasteiger partial charge in [0.1, 0.15) is 10.4 Å². The second-order valence-electron chi connectivity index (χ2n) is 10.1. The molecule has 17 heteroatoms. The summed E-state index contributed by atoms with van der Waals surface area (Å²) in [5, 5.41) is 18.2. The summed E-state index contributed by atoms with van der Waals surface area (Å²) in [6.07, 6.45) is 0.512. The second kappa shape index (κ2) is 9.65. The van der Waals surface area contributed by atoms with Crippen LogP contribution in [0.15, 0.2) is 23.4 Å². The van der Waals surface area contributed by atoms with E-state index in [2.05, 4.69) is 25.2 Å². The first kappa shape index (κ1) is 26.9. The first-order valence-electron chi connectivity index (χ1n) is 12.6. The summed E-state index contributed by atoms with van der Waals surface area (Å²) in [6.45, 7) is 2.46. The Morgan fingerprint density at radius 1 is 1.23 bits per heavy atom. The highest BCUT2D eigenvalue weighted by Gasteiger charge is 2.47. The molecule has 5 heterocycles. The highest BCUT2D eigenvalue weighted by Crippen LogP contribution is 2.38. The van der Waals surface area contributed by atoms with Crippen LogP contribution in [-0.4, -0.2) is 83.1 Å². The number of hydrogen-bond donors (Lipinski definition) is 2. The smallest absolute Gasteiger partial charge is 0.366 e. The lowest BCUT2D eigenvalue weighted by atomic mass is 10.1. The summed E-state index contributed by atoms with van der Waals surface area (Å²) in [5.74, 6) is 0.0428. The summed E-state index contributed by atoms with van der Waals surface area (Å²) in [6, 6.07) is 3.27. The highest BCUT2D eigenvalue weighted by molar-refractivity contribution is 7.89. The number of carbonyl (C=O) groups excluding carboxylic acids is 1. The number of imidazole rings is 1. The Morgan fingerprint density at radius 2 is 1.98 bits per heavy atom. The molecule has 1 atom stereocenters. The second-order valence-corrected chi connectivity index (χ2v) is 12.7. The zero-order valence-electron chi connectivity index (χ0n) is 21.0. The third-order valence-electron chi connectivity index (χ3n) is 7.35. The number of pyridine rings is 1. The van der Waals surface area contributed by atoms with E-state index in [0.717, 1.165) is 19.4 Å². The van der Waals surface area contributed by atoms with Crippen molar-refractivity contribution in [3.8, 4) is 16.9 Å². The Labute approximate surface area is 230 Å². The number of nitrogens with one attached hydrogen (secondary N) is 2. The van der Waals surface area contributed by atoms with Gasteiger partial charge in [-0.05, 0) is 38.3 Å². The van der Waals surface area contributed by atoms with Crippen LogP contribution in [0.5, 0.6) is 0 Å². The van der Waals surface area contributed by atoms with Crippen LogP contribution in [0.1, 0.15) is 30.7 Å². The molecule has 0 unspecified atom stereocenters. The van der Waals surface area contributed by atoms with Crippen molar-refractivity contribution in [1.82, 2.24) is 34.5 Å². The van der Waals surface area contributed by atoms with Crippen molar-refractivity contribution in [2.75, 3.05) is 37.6 Å². The number of carbonyl (C=O) groups is 1. The molecule has 0 bridgehead atoms. The number of piperazine rings is 1. The number of nitrogens with zero attached hydrogens (tertiary/aromatic N) is 7. The minimum atomic E-state index is -4.69. The maximum Gasteiger partial charge on any atom is 0.445 e. The summed E-state index contributed by atoms with van der Waals surface area (Å²) >= 11 is 0.304. The maximum atomic E-state index is 13.4. The minimum Gasteiger partial charge on any atom is -0.366 e. The first-order valence-corrected chi connectivity index (χ1v) is 14.9. The Balaban J connectivity index is 1.37. The van der Waals surface area contributed by atoms with Crippen molar-refractivity contribution in [3.63, 3.8) is 0 Å². The van der Waals surface area contributed by atoms with E-state index in [1.54, 1.807) is 4.90 Å². The lowest BCUT2D eigenvalue weighted by Gasteiger charge is -2.37. The molecule has 40 heavy (non-hydrogen) atoms. The molecule has 2 aliphatic heterocycles. The molecule has 0 spiro atoms. The number of nitriles is 1. The van der Waals surface area contributed by atoms with Gasteiger partial charge in [0.15, 0.2) is 10.8 Å². The van der Waals surface area contributed by atoms with E-state index in [1.165, 1.54) is 22.9 Å². The SMILES string of the molecule is N#CC1(NS(=O)(=O)c2cc(N3CCN(C(=O)[C@H]4CCCN4)CC3)c3cnc(-c4nnc(C(F)(F)F)s4)n3c2)CC1. The molecule has 3 aromatic rings. The van der Waals surface area contributed by atoms with Crippen LogP contribution in [0.25, 0.3) is 16.3 Å².